The normalized spacial score (nSPS) is 14.3. The molecule has 0 aliphatic heterocycles. The fourth-order valence-corrected chi connectivity index (χ4v) is 3.51. The Balaban J connectivity index is 2.64. The third-order valence-corrected chi connectivity index (χ3v) is 4.85. The Kier molecular flexibility index (Phi) is 7.59. The maximum atomic E-state index is 13.9. The van der Waals surface area contributed by atoms with Crippen LogP contribution in [0.4, 0.5) is 18.9 Å². The lowest BCUT2D eigenvalue weighted by molar-refractivity contribution is -0.233. The zero-order valence-electron chi connectivity index (χ0n) is 17.3. The van der Waals surface area contributed by atoms with Crippen molar-refractivity contribution in [2.75, 3.05) is 6.61 Å². The number of aromatic nitrogens is 1. The number of aliphatic hydroxyl groups is 1. The van der Waals surface area contributed by atoms with Gasteiger partial charge < -0.3 is 9.84 Å². The average Bonchev–Trinajstić information content (AvgIpc) is 3.10. The standard InChI is InChI=1S/C21H27F3N2O2S/c1-6-7-13(2)26-18-14(3)15(17-10-29-12-25-17)8-9-16(18)19(21(22,23)24)28-11-20(4,5)27/h8-10,12,19,27H,6-7,11H2,1-5H3/b26-13-. The van der Waals surface area contributed by atoms with Crippen LogP contribution in [0.3, 0.4) is 0 Å². The molecule has 0 fully saturated rings. The quantitative estimate of drug-likeness (QED) is 0.495. The zero-order valence-corrected chi connectivity index (χ0v) is 18.1. The summed E-state index contributed by atoms with van der Waals surface area (Å²) in [4.78, 5) is 8.83. The predicted molar refractivity (Wildman–Crippen MR) is 111 cm³/mol. The first-order chi connectivity index (χ1) is 13.4. The molecule has 0 spiro atoms. The third kappa shape index (κ3) is 6.35. The van der Waals surface area contributed by atoms with Crippen molar-refractivity contribution < 1.29 is 23.0 Å². The van der Waals surface area contributed by atoms with Crippen LogP contribution in [0.5, 0.6) is 0 Å². The zero-order chi connectivity index (χ0) is 21.8. The summed E-state index contributed by atoms with van der Waals surface area (Å²) >= 11 is 1.42. The number of thiazole rings is 1. The van der Waals surface area contributed by atoms with Gasteiger partial charge in [-0.25, -0.2) is 4.98 Å². The van der Waals surface area contributed by atoms with E-state index < -0.39 is 24.5 Å². The van der Waals surface area contributed by atoms with Gasteiger partial charge in [-0.1, -0.05) is 25.5 Å². The maximum Gasteiger partial charge on any atom is 0.418 e. The Morgan fingerprint density at radius 1 is 1.31 bits per heavy atom. The van der Waals surface area contributed by atoms with Crippen LogP contribution in [0.2, 0.25) is 0 Å². The van der Waals surface area contributed by atoms with Crippen molar-refractivity contribution in [2.24, 2.45) is 4.99 Å². The van der Waals surface area contributed by atoms with E-state index in [4.69, 9.17) is 4.74 Å². The van der Waals surface area contributed by atoms with Gasteiger partial charge in [-0.05, 0) is 39.7 Å². The Morgan fingerprint density at radius 3 is 2.52 bits per heavy atom. The highest BCUT2D eigenvalue weighted by Crippen LogP contribution is 2.44. The van der Waals surface area contributed by atoms with Crippen molar-refractivity contribution in [3.8, 4) is 11.3 Å². The second-order valence-electron chi connectivity index (χ2n) is 7.69. The highest BCUT2D eigenvalue weighted by atomic mass is 32.1. The van der Waals surface area contributed by atoms with E-state index in [0.29, 0.717) is 17.7 Å². The van der Waals surface area contributed by atoms with Gasteiger partial charge in [0.15, 0.2) is 6.10 Å². The molecule has 0 aliphatic carbocycles. The fourth-order valence-electron chi connectivity index (χ4n) is 2.96. The first-order valence-corrected chi connectivity index (χ1v) is 10.3. The molecule has 1 unspecified atom stereocenters. The number of aliphatic imine (C=N–C) groups is 1. The lowest BCUT2D eigenvalue weighted by Crippen LogP contribution is -2.32. The molecule has 0 bridgehead atoms. The van der Waals surface area contributed by atoms with E-state index in [2.05, 4.69) is 9.98 Å². The van der Waals surface area contributed by atoms with Crippen LogP contribution in [-0.2, 0) is 4.74 Å². The Labute approximate surface area is 173 Å². The van der Waals surface area contributed by atoms with E-state index in [-0.39, 0.29) is 11.3 Å². The second kappa shape index (κ2) is 9.36. The fraction of sp³-hybridized carbons (Fsp3) is 0.524. The summed E-state index contributed by atoms with van der Waals surface area (Å²) in [5.41, 5.74) is 3.28. The lowest BCUT2D eigenvalue weighted by atomic mass is 9.96. The molecule has 0 aliphatic rings. The molecule has 0 radical (unpaired) electrons. The number of ether oxygens (including phenoxy) is 1. The van der Waals surface area contributed by atoms with Gasteiger partial charge in [0.25, 0.3) is 0 Å². The van der Waals surface area contributed by atoms with Crippen LogP contribution >= 0.6 is 11.3 Å². The summed E-state index contributed by atoms with van der Waals surface area (Å²) in [5, 5.41) is 11.7. The molecule has 2 aromatic rings. The summed E-state index contributed by atoms with van der Waals surface area (Å²) in [6, 6.07) is 3.03. The SMILES string of the molecule is CCC/C(C)=N\c1c(C(OCC(C)(C)O)C(F)(F)F)ccc(-c2cscn2)c1C. The first-order valence-electron chi connectivity index (χ1n) is 9.41. The smallest absolute Gasteiger partial charge is 0.388 e. The number of halogens is 3. The van der Waals surface area contributed by atoms with Crippen LogP contribution in [-0.4, -0.2) is 34.2 Å². The van der Waals surface area contributed by atoms with Gasteiger partial charge in [0.2, 0.25) is 0 Å². The summed E-state index contributed by atoms with van der Waals surface area (Å²) in [6.07, 6.45) is -5.32. The van der Waals surface area contributed by atoms with Gasteiger partial charge in [-0.3, -0.25) is 4.99 Å². The van der Waals surface area contributed by atoms with Crippen molar-refractivity contribution in [1.82, 2.24) is 4.98 Å². The van der Waals surface area contributed by atoms with Crippen molar-refractivity contribution in [1.29, 1.82) is 0 Å². The van der Waals surface area contributed by atoms with Gasteiger partial charge in [0.1, 0.15) is 0 Å². The van der Waals surface area contributed by atoms with Gasteiger partial charge in [0, 0.05) is 22.2 Å². The topological polar surface area (TPSA) is 54.7 Å². The molecule has 1 atom stereocenters. The summed E-state index contributed by atoms with van der Waals surface area (Å²) in [5.74, 6) is 0. The van der Waals surface area contributed by atoms with Crippen molar-refractivity contribution in [2.45, 2.75) is 65.3 Å². The maximum absolute atomic E-state index is 13.9. The van der Waals surface area contributed by atoms with Gasteiger partial charge in [0.05, 0.1) is 29.1 Å². The third-order valence-electron chi connectivity index (χ3n) is 4.27. The molecule has 1 N–H and O–H groups in total. The van der Waals surface area contributed by atoms with Gasteiger partial charge in [-0.2, -0.15) is 13.2 Å². The lowest BCUT2D eigenvalue weighted by Gasteiger charge is -2.27. The molecule has 4 nitrogen and oxygen atoms in total. The molecule has 8 heteroatoms. The average molecular weight is 429 g/mol. The van der Waals surface area contributed by atoms with E-state index in [1.54, 1.807) is 18.5 Å². The molecule has 29 heavy (non-hydrogen) atoms. The van der Waals surface area contributed by atoms with E-state index in [1.807, 2.05) is 19.2 Å². The molecule has 1 aromatic carbocycles. The molecule has 2 rings (SSSR count). The van der Waals surface area contributed by atoms with E-state index in [9.17, 15) is 18.3 Å². The Morgan fingerprint density at radius 2 is 2.00 bits per heavy atom. The molecule has 0 saturated heterocycles. The second-order valence-corrected chi connectivity index (χ2v) is 8.41. The van der Waals surface area contributed by atoms with Crippen LogP contribution in [0, 0.1) is 6.92 Å². The molecule has 1 heterocycles. The van der Waals surface area contributed by atoms with Crippen LogP contribution in [0.25, 0.3) is 11.3 Å². The first kappa shape index (κ1) is 23.5. The van der Waals surface area contributed by atoms with E-state index >= 15 is 0 Å². The molecule has 160 valence electrons. The number of hydrogen-bond acceptors (Lipinski definition) is 5. The number of rotatable bonds is 8. The molecule has 0 saturated carbocycles. The van der Waals surface area contributed by atoms with Gasteiger partial charge >= 0.3 is 6.18 Å². The number of hydrogen-bond donors (Lipinski definition) is 1. The van der Waals surface area contributed by atoms with E-state index in [1.165, 1.54) is 31.3 Å². The monoisotopic (exact) mass is 428 g/mol. The van der Waals surface area contributed by atoms with Gasteiger partial charge in [-0.15, -0.1) is 11.3 Å². The summed E-state index contributed by atoms with van der Waals surface area (Å²) in [6.45, 7) is 7.90. The van der Waals surface area contributed by atoms with Crippen LogP contribution < -0.4 is 0 Å². The summed E-state index contributed by atoms with van der Waals surface area (Å²) in [7, 11) is 0. The largest absolute Gasteiger partial charge is 0.418 e. The van der Waals surface area contributed by atoms with Crippen molar-refractivity contribution in [3.63, 3.8) is 0 Å². The summed E-state index contributed by atoms with van der Waals surface area (Å²) < 4.78 is 46.8. The minimum Gasteiger partial charge on any atom is -0.388 e. The Hall–Kier alpha value is -1.77. The highest BCUT2D eigenvalue weighted by Gasteiger charge is 2.44. The van der Waals surface area contributed by atoms with Crippen molar-refractivity contribution >= 4 is 22.7 Å². The minimum atomic E-state index is -4.65. The molecule has 1 aromatic heterocycles. The Bertz CT molecular complexity index is 841. The highest BCUT2D eigenvalue weighted by molar-refractivity contribution is 7.07. The van der Waals surface area contributed by atoms with E-state index in [0.717, 1.165) is 17.7 Å². The number of nitrogens with zero attached hydrogens (tertiary/aromatic N) is 2. The molecular formula is C21H27F3N2O2S. The number of benzene rings is 1. The number of alkyl halides is 3. The van der Waals surface area contributed by atoms with Crippen LogP contribution in [0.1, 0.15) is 57.8 Å². The van der Waals surface area contributed by atoms with Crippen LogP contribution in [0.15, 0.2) is 28.0 Å². The molecular weight excluding hydrogens is 401 g/mol. The predicted octanol–water partition coefficient (Wildman–Crippen LogP) is 6.40. The molecule has 0 amide bonds. The van der Waals surface area contributed by atoms with Crippen molar-refractivity contribution in [3.05, 3.63) is 34.2 Å². The minimum absolute atomic E-state index is 0.0614.